The Morgan fingerprint density at radius 2 is 1.49 bits per heavy atom. The number of benzene rings is 2. The van der Waals surface area contributed by atoms with Crippen LogP contribution in [0.1, 0.15) is 46.4 Å². The predicted octanol–water partition coefficient (Wildman–Crippen LogP) is 4.75. The van der Waals surface area contributed by atoms with E-state index in [0.29, 0.717) is 5.02 Å². The highest BCUT2D eigenvalue weighted by atomic mass is 35.5. The highest BCUT2D eigenvalue weighted by Crippen LogP contribution is 2.56. The first-order chi connectivity index (χ1) is 16.8. The van der Waals surface area contributed by atoms with Crippen LogP contribution in [0.2, 0.25) is 5.02 Å². The monoisotopic (exact) mass is 516 g/mol. The van der Waals surface area contributed by atoms with Crippen LogP contribution in [0.4, 0.5) is 4.39 Å². The zero-order valence-corrected chi connectivity index (χ0v) is 20.2. The van der Waals surface area contributed by atoms with E-state index in [0.717, 1.165) is 41.4 Å². The molecule has 2 bridgehead atoms. The minimum atomic E-state index is -1.23. The van der Waals surface area contributed by atoms with Gasteiger partial charge >= 0.3 is 0 Å². The molecule has 1 aliphatic heterocycles. The number of nitrogens with zero attached hydrogens (tertiary/aromatic N) is 2. The molecule has 2 aromatic rings. The summed E-state index contributed by atoms with van der Waals surface area (Å²) in [5, 5.41) is 2.29. The van der Waals surface area contributed by atoms with Gasteiger partial charge in [0, 0.05) is 22.0 Å². The maximum absolute atomic E-state index is 13.8. The van der Waals surface area contributed by atoms with Gasteiger partial charge < -0.3 is 0 Å². The molecule has 6 nitrogen and oxygen atoms in total. The molecule has 5 atom stereocenters. The van der Waals surface area contributed by atoms with Crippen LogP contribution in [0.5, 0.6) is 0 Å². The Balaban J connectivity index is 1.58. The Morgan fingerprint density at radius 3 is 2.03 bits per heavy atom. The van der Waals surface area contributed by atoms with Crippen molar-refractivity contribution in [3.63, 3.8) is 0 Å². The van der Waals surface area contributed by atoms with E-state index < -0.39 is 47.2 Å². The van der Waals surface area contributed by atoms with Gasteiger partial charge in [-0.3, -0.25) is 19.2 Å². The van der Waals surface area contributed by atoms with Crippen LogP contribution >= 0.6 is 23.2 Å². The highest BCUT2D eigenvalue weighted by molar-refractivity contribution is 6.30. The summed E-state index contributed by atoms with van der Waals surface area (Å²) in [6.45, 7) is 0. The molecule has 182 valence electrons. The Morgan fingerprint density at radius 1 is 0.943 bits per heavy atom. The van der Waals surface area contributed by atoms with Gasteiger partial charge in [0.25, 0.3) is 17.7 Å². The van der Waals surface area contributed by atoms with Crippen molar-refractivity contribution in [3.05, 3.63) is 70.5 Å². The van der Waals surface area contributed by atoms with Crippen molar-refractivity contribution in [1.29, 1.82) is 0 Å². The second kappa shape index (κ2) is 9.36. The van der Waals surface area contributed by atoms with Crippen molar-refractivity contribution in [1.82, 2.24) is 10.0 Å². The average Bonchev–Trinajstić information content (AvgIpc) is 3.54. The van der Waals surface area contributed by atoms with Crippen LogP contribution in [-0.4, -0.2) is 45.4 Å². The quantitative estimate of drug-likeness (QED) is 0.302. The van der Waals surface area contributed by atoms with E-state index in [-0.39, 0.29) is 35.3 Å². The van der Waals surface area contributed by atoms with Gasteiger partial charge in [-0.2, -0.15) is 5.01 Å². The number of carbonyl (C=O) groups is 4. The van der Waals surface area contributed by atoms with Crippen molar-refractivity contribution in [2.75, 3.05) is 5.88 Å². The maximum atomic E-state index is 13.8. The fraction of sp³-hybridized carbons (Fsp3) is 0.385. The van der Waals surface area contributed by atoms with E-state index >= 15 is 0 Å². The predicted molar refractivity (Wildman–Crippen MR) is 127 cm³/mol. The van der Waals surface area contributed by atoms with Crippen molar-refractivity contribution in [3.8, 4) is 0 Å². The fourth-order valence-electron chi connectivity index (χ4n) is 5.98. The third-order valence-electron chi connectivity index (χ3n) is 7.53. The molecule has 2 aliphatic carbocycles. The van der Waals surface area contributed by atoms with Gasteiger partial charge in [-0.25, -0.2) is 9.40 Å². The number of Topliss-reactive ketones (excluding diaryl/α,β-unsaturated/α-hetero) is 1. The molecule has 5 rings (SSSR count). The van der Waals surface area contributed by atoms with Crippen LogP contribution in [0.25, 0.3) is 0 Å². The Bertz CT molecular complexity index is 1160. The van der Waals surface area contributed by atoms with E-state index in [1.807, 2.05) is 0 Å². The third-order valence-corrected chi connectivity index (χ3v) is 8.00. The topological polar surface area (TPSA) is 74.8 Å². The molecular weight excluding hydrogens is 494 g/mol. The number of imide groups is 1. The molecule has 0 spiro atoms. The Hall–Kier alpha value is -2.77. The summed E-state index contributed by atoms with van der Waals surface area (Å²) in [6.07, 6.45) is 2.59. The number of hydrazine groups is 1. The van der Waals surface area contributed by atoms with Crippen molar-refractivity contribution in [2.24, 2.45) is 23.7 Å². The van der Waals surface area contributed by atoms with Gasteiger partial charge in [0.05, 0.1) is 11.8 Å². The molecule has 1 saturated heterocycles. The lowest BCUT2D eigenvalue weighted by Crippen LogP contribution is -2.58. The molecule has 3 fully saturated rings. The molecular formula is C26H23Cl2FN2O4. The molecule has 35 heavy (non-hydrogen) atoms. The molecule has 0 aromatic heterocycles. The molecule has 2 saturated carbocycles. The summed E-state index contributed by atoms with van der Waals surface area (Å²) in [5.74, 6) is -3.35. The van der Waals surface area contributed by atoms with Crippen molar-refractivity contribution >= 4 is 46.7 Å². The highest BCUT2D eigenvalue weighted by Gasteiger charge is 2.63. The summed E-state index contributed by atoms with van der Waals surface area (Å²) in [5.41, 5.74) is 0.316. The molecule has 2 aromatic carbocycles. The number of carbonyl (C=O) groups excluding carboxylic acids is 4. The SMILES string of the molecule is O=C(c1ccc(F)cc1)[C@@H](CCCl)N(C(=O)c1ccc(Cl)cc1)N1C(=O)[C@@H]2[C@H]3CC[C@@H](C3)[C@@H]2C1=O. The standard InChI is InChI=1S/C26H23Cl2FN2O4/c27-12-11-20(23(32)14-5-9-19(29)10-6-14)30(24(33)15-3-7-18(28)8-4-15)31-25(34)21-16-1-2-17(13-16)22(21)26(31)35/h3-10,16-17,20-22H,1-2,11-13H2/t16-,17-,20+,21-,22+/m0/s1. The summed E-state index contributed by atoms with van der Waals surface area (Å²) < 4.78 is 13.5. The normalized spacial score (nSPS) is 25.6. The van der Waals surface area contributed by atoms with Crippen LogP contribution in [0.3, 0.4) is 0 Å². The molecule has 0 N–H and O–H groups in total. The van der Waals surface area contributed by atoms with Gasteiger partial charge in [-0.15, -0.1) is 11.6 Å². The molecule has 9 heteroatoms. The summed E-state index contributed by atoms with van der Waals surface area (Å²) in [6, 6.07) is 9.68. The summed E-state index contributed by atoms with van der Waals surface area (Å²) in [7, 11) is 0. The van der Waals surface area contributed by atoms with Gasteiger partial charge in [-0.1, -0.05) is 11.6 Å². The van der Waals surface area contributed by atoms with Crippen LogP contribution in [0, 0.1) is 29.5 Å². The van der Waals surface area contributed by atoms with E-state index in [1.54, 1.807) is 0 Å². The zero-order chi connectivity index (χ0) is 24.9. The second-order valence-corrected chi connectivity index (χ2v) is 10.2. The Kier molecular flexibility index (Phi) is 6.40. The number of amides is 3. The van der Waals surface area contributed by atoms with Crippen LogP contribution in [-0.2, 0) is 9.59 Å². The molecule has 1 heterocycles. The van der Waals surface area contributed by atoms with Crippen molar-refractivity contribution in [2.45, 2.75) is 31.7 Å². The third kappa shape index (κ3) is 4.04. The lowest BCUT2D eigenvalue weighted by molar-refractivity contribution is -0.157. The first-order valence-corrected chi connectivity index (χ1v) is 12.6. The molecule has 3 aliphatic rings. The second-order valence-electron chi connectivity index (χ2n) is 9.39. The van der Waals surface area contributed by atoms with Gasteiger partial charge in [0.2, 0.25) is 0 Å². The smallest absolute Gasteiger partial charge is 0.273 e. The number of ketones is 1. The average molecular weight is 517 g/mol. The molecule has 0 unspecified atom stereocenters. The van der Waals surface area contributed by atoms with Crippen molar-refractivity contribution < 1.29 is 23.6 Å². The van der Waals surface area contributed by atoms with Gasteiger partial charge in [0.15, 0.2) is 5.78 Å². The molecule has 3 amide bonds. The van der Waals surface area contributed by atoms with Crippen LogP contribution < -0.4 is 0 Å². The van der Waals surface area contributed by atoms with Gasteiger partial charge in [-0.05, 0) is 86.1 Å². The summed E-state index contributed by atoms with van der Waals surface area (Å²) >= 11 is 12.0. The number of alkyl halides is 1. The number of hydrogen-bond donors (Lipinski definition) is 0. The minimum absolute atomic E-state index is 0.00363. The first kappa shape index (κ1) is 23.9. The number of hydrogen-bond acceptors (Lipinski definition) is 4. The number of halogens is 3. The van der Waals surface area contributed by atoms with Crippen LogP contribution in [0.15, 0.2) is 48.5 Å². The first-order valence-electron chi connectivity index (χ1n) is 11.6. The Labute approximate surface area is 211 Å². The number of fused-ring (bicyclic) bond motifs is 5. The lowest BCUT2D eigenvalue weighted by Gasteiger charge is -2.36. The zero-order valence-electron chi connectivity index (χ0n) is 18.7. The van der Waals surface area contributed by atoms with E-state index in [4.69, 9.17) is 23.2 Å². The summed E-state index contributed by atoms with van der Waals surface area (Å²) in [4.78, 5) is 54.7. The lowest BCUT2D eigenvalue weighted by atomic mass is 9.81. The largest absolute Gasteiger partial charge is 0.292 e. The van der Waals surface area contributed by atoms with Gasteiger partial charge in [0.1, 0.15) is 11.9 Å². The van der Waals surface area contributed by atoms with E-state index in [1.165, 1.54) is 36.4 Å². The maximum Gasteiger partial charge on any atom is 0.273 e. The fourth-order valence-corrected chi connectivity index (χ4v) is 6.31. The minimum Gasteiger partial charge on any atom is -0.292 e. The van der Waals surface area contributed by atoms with E-state index in [9.17, 15) is 23.6 Å². The van der Waals surface area contributed by atoms with E-state index in [2.05, 4.69) is 0 Å². The molecule has 0 radical (unpaired) electrons. The number of rotatable bonds is 7.